The van der Waals surface area contributed by atoms with E-state index in [0.717, 1.165) is 0 Å². The molecule has 0 aromatic heterocycles. The van der Waals surface area contributed by atoms with Crippen LogP contribution in [0.1, 0.15) is 0 Å². The molecule has 0 atom stereocenters. The fourth-order valence-corrected chi connectivity index (χ4v) is 0.205. The Balaban J connectivity index is 3.54. The van der Waals surface area contributed by atoms with Crippen LogP contribution < -0.4 is 11.2 Å². The largest absolute Gasteiger partial charge is 0.438 e. The number of carbonyl (C=O) groups is 2. The summed E-state index contributed by atoms with van der Waals surface area (Å²) in [6.45, 7) is 0. The number of carbonyl (C=O) groups excluding carboxylic acids is 2. The van der Waals surface area contributed by atoms with Gasteiger partial charge in [-0.15, -0.1) is 0 Å². The standard InChI is InChI=1S/C3H6N4O3/c1-5-7-6-3(9)10-2(4)8/h1H3,(H2,4,8)(H,5,6,9). The summed E-state index contributed by atoms with van der Waals surface area (Å²) in [6, 6.07) is 0. The van der Waals surface area contributed by atoms with Crippen molar-refractivity contribution in [3.63, 3.8) is 0 Å². The minimum atomic E-state index is -1.19. The molecule has 0 aliphatic carbocycles. The Bertz CT molecular complexity index is 165. The molecule has 0 saturated carbocycles. The molecule has 3 N–H and O–H groups in total. The Morgan fingerprint density at radius 3 is 2.60 bits per heavy atom. The number of nitrogens with two attached hydrogens (primary N) is 1. The van der Waals surface area contributed by atoms with E-state index in [1.54, 1.807) is 5.43 Å². The highest BCUT2D eigenvalue weighted by atomic mass is 16.6. The highest BCUT2D eigenvalue weighted by Gasteiger charge is 2.02. The van der Waals surface area contributed by atoms with E-state index in [1.165, 1.54) is 7.05 Å². The molecule has 0 saturated heterocycles. The zero-order valence-corrected chi connectivity index (χ0v) is 5.20. The Hall–Kier alpha value is -1.66. The van der Waals surface area contributed by atoms with Crippen LogP contribution >= 0.6 is 0 Å². The zero-order valence-electron chi connectivity index (χ0n) is 5.20. The van der Waals surface area contributed by atoms with Crippen molar-refractivity contribution in [2.45, 2.75) is 0 Å². The van der Waals surface area contributed by atoms with Crippen molar-refractivity contribution in [2.24, 2.45) is 16.1 Å². The van der Waals surface area contributed by atoms with Crippen molar-refractivity contribution < 1.29 is 14.3 Å². The van der Waals surface area contributed by atoms with Gasteiger partial charge in [-0.05, 0) is 0 Å². The van der Waals surface area contributed by atoms with Crippen LogP contribution in [0.15, 0.2) is 10.3 Å². The Morgan fingerprint density at radius 1 is 1.60 bits per heavy atom. The fourth-order valence-electron chi connectivity index (χ4n) is 0.205. The molecule has 0 aliphatic rings. The van der Waals surface area contributed by atoms with Crippen LogP contribution in [-0.4, -0.2) is 19.2 Å². The summed E-state index contributed by atoms with van der Waals surface area (Å²) >= 11 is 0. The second kappa shape index (κ2) is 4.24. The SMILES string of the molecule is C/N=N/NC(=O)OC(N)=O. The lowest BCUT2D eigenvalue weighted by Crippen LogP contribution is -2.25. The Kier molecular flexibility index (Phi) is 3.54. The van der Waals surface area contributed by atoms with Crippen LogP contribution in [-0.2, 0) is 4.74 Å². The van der Waals surface area contributed by atoms with Crippen molar-refractivity contribution >= 4 is 12.2 Å². The fraction of sp³-hybridized carbons (Fsp3) is 0.333. The topological polar surface area (TPSA) is 106 Å². The van der Waals surface area contributed by atoms with E-state index in [2.05, 4.69) is 20.8 Å². The molecule has 10 heavy (non-hydrogen) atoms. The van der Waals surface area contributed by atoms with Crippen LogP contribution in [0.4, 0.5) is 9.59 Å². The van der Waals surface area contributed by atoms with Gasteiger partial charge >= 0.3 is 12.2 Å². The third-order valence-electron chi connectivity index (χ3n) is 0.435. The van der Waals surface area contributed by atoms with Crippen molar-refractivity contribution in [3.8, 4) is 0 Å². The first-order chi connectivity index (χ1) is 4.66. The normalized spacial score (nSPS) is 9.30. The van der Waals surface area contributed by atoms with Gasteiger partial charge in [0, 0.05) is 0 Å². The van der Waals surface area contributed by atoms with E-state index in [9.17, 15) is 9.59 Å². The minimum Gasteiger partial charge on any atom is -0.358 e. The Labute approximate surface area is 56.2 Å². The van der Waals surface area contributed by atoms with E-state index in [-0.39, 0.29) is 0 Å². The van der Waals surface area contributed by atoms with Crippen molar-refractivity contribution in [2.75, 3.05) is 7.05 Å². The minimum absolute atomic E-state index is 1.06. The number of hydrogen-bond acceptors (Lipinski definition) is 5. The lowest BCUT2D eigenvalue weighted by Gasteiger charge is -1.93. The van der Waals surface area contributed by atoms with Crippen LogP contribution in [0.25, 0.3) is 0 Å². The number of primary amides is 1. The smallest absolute Gasteiger partial charge is 0.358 e. The first-order valence-electron chi connectivity index (χ1n) is 2.23. The molecule has 2 amide bonds. The summed E-state index contributed by atoms with van der Waals surface area (Å²) in [5.41, 5.74) is 6.23. The summed E-state index contributed by atoms with van der Waals surface area (Å²) in [7, 11) is 1.34. The highest BCUT2D eigenvalue weighted by Crippen LogP contribution is 1.75. The van der Waals surface area contributed by atoms with E-state index < -0.39 is 12.2 Å². The molecule has 0 aromatic carbocycles. The molecule has 0 unspecified atom stereocenters. The number of amides is 2. The summed E-state index contributed by atoms with van der Waals surface area (Å²) < 4.78 is 3.79. The number of ether oxygens (including phenoxy) is 1. The van der Waals surface area contributed by atoms with Gasteiger partial charge in [-0.2, -0.15) is 10.5 Å². The maximum absolute atomic E-state index is 10.2. The molecule has 0 fully saturated rings. The van der Waals surface area contributed by atoms with Gasteiger partial charge < -0.3 is 10.5 Å². The molecule has 0 rings (SSSR count). The number of hydrogen-bond donors (Lipinski definition) is 2. The van der Waals surface area contributed by atoms with Crippen molar-refractivity contribution in [3.05, 3.63) is 0 Å². The molecule has 7 heteroatoms. The average Bonchev–Trinajstić information content (AvgIpc) is 1.82. The Morgan fingerprint density at radius 2 is 2.20 bits per heavy atom. The van der Waals surface area contributed by atoms with Crippen LogP contribution in [0, 0.1) is 0 Å². The second-order valence-corrected chi connectivity index (χ2v) is 1.12. The van der Waals surface area contributed by atoms with E-state index >= 15 is 0 Å². The first kappa shape index (κ1) is 8.34. The third kappa shape index (κ3) is 4.50. The average molecular weight is 146 g/mol. The number of nitrogens with one attached hydrogen (secondary N) is 1. The maximum Gasteiger partial charge on any atom is 0.438 e. The predicted octanol–water partition coefficient (Wildman–Crippen LogP) is -0.212. The van der Waals surface area contributed by atoms with Gasteiger partial charge in [-0.1, -0.05) is 5.22 Å². The summed E-state index contributed by atoms with van der Waals surface area (Å²) in [5.74, 6) is 0. The summed E-state index contributed by atoms with van der Waals surface area (Å²) in [5, 5.41) is 6.16. The molecule has 0 aromatic rings. The molecule has 7 nitrogen and oxygen atoms in total. The zero-order chi connectivity index (χ0) is 7.98. The van der Waals surface area contributed by atoms with E-state index in [1.807, 2.05) is 0 Å². The van der Waals surface area contributed by atoms with Crippen molar-refractivity contribution in [1.29, 1.82) is 0 Å². The molecule has 0 radical (unpaired) electrons. The van der Waals surface area contributed by atoms with E-state index in [4.69, 9.17) is 0 Å². The molecule has 56 valence electrons. The van der Waals surface area contributed by atoms with Crippen LogP contribution in [0.5, 0.6) is 0 Å². The molecule has 0 bridgehead atoms. The number of rotatable bonds is 1. The van der Waals surface area contributed by atoms with Gasteiger partial charge in [0.25, 0.3) is 0 Å². The molecule has 0 aliphatic heterocycles. The van der Waals surface area contributed by atoms with Gasteiger partial charge in [0.1, 0.15) is 0 Å². The predicted molar refractivity (Wildman–Crippen MR) is 30.0 cm³/mol. The monoisotopic (exact) mass is 146 g/mol. The first-order valence-corrected chi connectivity index (χ1v) is 2.23. The van der Waals surface area contributed by atoms with E-state index in [0.29, 0.717) is 0 Å². The third-order valence-corrected chi connectivity index (χ3v) is 0.435. The maximum atomic E-state index is 10.2. The van der Waals surface area contributed by atoms with Gasteiger partial charge in [0.2, 0.25) is 0 Å². The summed E-state index contributed by atoms with van der Waals surface area (Å²) in [4.78, 5) is 20.1. The molecule has 0 heterocycles. The lowest BCUT2D eigenvalue weighted by atomic mass is 11.1. The van der Waals surface area contributed by atoms with Gasteiger partial charge in [-0.3, -0.25) is 0 Å². The lowest BCUT2D eigenvalue weighted by molar-refractivity contribution is 0.156. The van der Waals surface area contributed by atoms with Crippen molar-refractivity contribution in [1.82, 2.24) is 5.43 Å². The molecule has 0 spiro atoms. The molecular formula is C3H6N4O3. The molecular weight excluding hydrogens is 140 g/mol. The number of nitrogens with zero attached hydrogens (tertiary/aromatic N) is 2. The van der Waals surface area contributed by atoms with Gasteiger partial charge in [0.05, 0.1) is 7.05 Å². The van der Waals surface area contributed by atoms with Gasteiger partial charge in [0.15, 0.2) is 0 Å². The van der Waals surface area contributed by atoms with Crippen LogP contribution in [0.2, 0.25) is 0 Å². The summed E-state index contributed by atoms with van der Waals surface area (Å²) in [6.07, 6.45) is -2.25. The quantitative estimate of drug-likeness (QED) is 0.303. The highest BCUT2D eigenvalue weighted by molar-refractivity contribution is 5.82. The van der Waals surface area contributed by atoms with Crippen LogP contribution in [0.3, 0.4) is 0 Å². The van der Waals surface area contributed by atoms with Gasteiger partial charge in [-0.25, -0.2) is 9.59 Å². The second-order valence-electron chi connectivity index (χ2n) is 1.12.